The van der Waals surface area contributed by atoms with Gasteiger partial charge in [-0.05, 0) is 10.4 Å². The van der Waals surface area contributed by atoms with Crippen LogP contribution in [0.3, 0.4) is 0 Å². The molecule has 1 aromatic carbocycles. The first-order valence-corrected chi connectivity index (χ1v) is 9.37. The van der Waals surface area contributed by atoms with E-state index in [2.05, 4.69) is 20.5 Å². The van der Waals surface area contributed by atoms with E-state index in [-0.39, 0.29) is 18.4 Å². The second kappa shape index (κ2) is 7.62. The predicted octanol–water partition coefficient (Wildman–Crippen LogP) is 0.781. The predicted molar refractivity (Wildman–Crippen MR) is 97.9 cm³/mol. The molecular formula is C17H17N7O2S. The van der Waals surface area contributed by atoms with Crippen molar-refractivity contribution in [1.29, 1.82) is 0 Å². The molecule has 0 bridgehead atoms. The van der Waals surface area contributed by atoms with Crippen molar-refractivity contribution in [3.8, 4) is 10.6 Å². The van der Waals surface area contributed by atoms with E-state index in [0.29, 0.717) is 31.9 Å². The lowest BCUT2D eigenvalue weighted by atomic mass is 10.2. The van der Waals surface area contributed by atoms with Gasteiger partial charge in [-0.15, -0.1) is 16.4 Å². The number of hydrogen-bond acceptors (Lipinski definition) is 7. The first kappa shape index (κ1) is 17.3. The lowest BCUT2D eigenvalue weighted by molar-refractivity contribution is -0.133. The Balaban J connectivity index is 1.35. The number of piperazine rings is 1. The molecule has 0 N–H and O–H groups in total. The monoisotopic (exact) mass is 383 g/mol. The number of hydrogen-bond donors (Lipinski definition) is 0. The fourth-order valence-electron chi connectivity index (χ4n) is 2.90. The van der Waals surface area contributed by atoms with Gasteiger partial charge in [0.2, 0.25) is 5.91 Å². The Morgan fingerprint density at radius 2 is 1.78 bits per heavy atom. The molecule has 1 aliphatic rings. The normalized spacial score (nSPS) is 14.4. The summed E-state index contributed by atoms with van der Waals surface area (Å²) in [5, 5.41) is 13.3. The highest BCUT2D eigenvalue weighted by molar-refractivity contribution is 7.13. The molecule has 3 heterocycles. The third kappa shape index (κ3) is 3.85. The van der Waals surface area contributed by atoms with E-state index in [9.17, 15) is 9.59 Å². The zero-order valence-electron chi connectivity index (χ0n) is 14.4. The maximum atomic E-state index is 12.7. The van der Waals surface area contributed by atoms with Crippen LogP contribution in [0.1, 0.15) is 10.5 Å². The van der Waals surface area contributed by atoms with Gasteiger partial charge in [0.05, 0.1) is 0 Å². The van der Waals surface area contributed by atoms with E-state index < -0.39 is 0 Å². The number of carbonyl (C=O) groups excluding carboxylic acids is 2. The van der Waals surface area contributed by atoms with Crippen LogP contribution in [0.25, 0.3) is 10.6 Å². The Kier molecular flexibility index (Phi) is 4.88. The Morgan fingerprint density at radius 1 is 1.04 bits per heavy atom. The highest BCUT2D eigenvalue weighted by Crippen LogP contribution is 2.24. The van der Waals surface area contributed by atoms with E-state index in [1.54, 1.807) is 15.2 Å². The summed E-state index contributed by atoms with van der Waals surface area (Å²) in [6.07, 6.45) is 1.41. The van der Waals surface area contributed by atoms with Crippen LogP contribution in [-0.4, -0.2) is 73.0 Å². The molecule has 10 heteroatoms. The zero-order chi connectivity index (χ0) is 18.6. The van der Waals surface area contributed by atoms with Gasteiger partial charge in [0, 0.05) is 37.1 Å². The molecule has 3 aromatic rings. The molecule has 0 aliphatic carbocycles. The lowest BCUT2D eigenvalue weighted by Crippen LogP contribution is -2.51. The lowest BCUT2D eigenvalue weighted by Gasteiger charge is -2.34. The highest BCUT2D eigenvalue weighted by Gasteiger charge is 2.26. The molecule has 2 aromatic heterocycles. The summed E-state index contributed by atoms with van der Waals surface area (Å²) in [4.78, 5) is 32.9. The molecule has 138 valence electrons. The zero-order valence-corrected chi connectivity index (χ0v) is 15.2. The van der Waals surface area contributed by atoms with Gasteiger partial charge in [-0.3, -0.25) is 9.59 Å². The standard InChI is InChI=1S/C17H17N7O2S/c25-15(10-24-12-18-20-21-24)22-6-8-23(9-7-22)17(26)14-11-27-16(19-14)13-4-2-1-3-5-13/h1-5,11-12H,6-10H2. The number of benzene rings is 1. The summed E-state index contributed by atoms with van der Waals surface area (Å²) in [5.74, 6) is -0.157. The second-order valence-electron chi connectivity index (χ2n) is 6.08. The number of carbonyl (C=O) groups is 2. The summed E-state index contributed by atoms with van der Waals surface area (Å²) in [6.45, 7) is 2.05. The largest absolute Gasteiger partial charge is 0.338 e. The maximum Gasteiger partial charge on any atom is 0.273 e. The summed E-state index contributed by atoms with van der Waals surface area (Å²) in [7, 11) is 0. The average Bonchev–Trinajstić information content (AvgIpc) is 3.40. The molecule has 1 saturated heterocycles. The van der Waals surface area contributed by atoms with Crippen LogP contribution in [-0.2, 0) is 11.3 Å². The summed E-state index contributed by atoms with van der Waals surface area (Å²) in [6, 6.07) is 9.79. The van der Waals surface area contributed by atoms with E-state index in [1.165, 1.54) is 22.3 Å². The third-order valence-corrected chi connectivity index (χ3v) is 5.24. The van der Waals surface area contributed by atoms with Gasteiger partial charge in [0.1, 0.15) is 23.6 Å². The van der Waals surface area contributed by atoms with Crippen molar-refractivity contribution < 1.29 is 9.59 Å². The Hall–Kier alpha value is -3.14. The molecular weight excluding hydrogens is 366 g/mol. The second-order valence-corrected chi connectivity index (χ2v) is 6.94. The van der Waals surface area contributed by atoms with Crippen LogP contribution < -0.4 is 0 Å². The Labute approximate surface area is 159 Å². The van der Waals surface area contributed by atoms with Gasteiger partial charge >= 0.3 is 0 Å². The van der Waals surface area contributed by atoms with E-state index in [4.69, 9.17) is 0 Å². The number of aromatic nitrogens is 5. The molecule has 4 rings (SSSR count). The van der Waals surface area contributed by atoms with Crippen LogP contribution in [0.5, 0.6) is 0 Å². The minimum atomic E-state index is -0.0963. The van der Waals surface area contributed by atoms with Crippen LogP contribution in [0, 0.1) is 0 Å². The number of thiazole rings is 1. The topological polar surface area (TPSA) is 97.1 Å². The van der Waals surface area contributed by atoms with Crippen LogP contribution >= 0.6 is 11.3 Å². The van der Waals surface area contributed by atoms with Crippen LogP contribution in [0.2, 0.25) is 0 Å². The van der Waals surface area contributed by atoms with Crippen molar-refractivity contribution >= 4 is 23.2 Å². The first-order valence-electron chi connectivity index (χ1n) is 8.49. The average molecular weight is 383 g/mol. The molecule has 2 amide bonds. The smallest absolute Gasteiger partial charge is 0.273 e. The quantitative estimate of drug-likeness (QED) is 0.660. The minimum Gasteiger partial charge on any atom is -0.338 e. The first-order chi connectivity index (χ1) is 13.2. The maximum absolute atomic E-state index is 12.7. The SMILES string of the molecule is O=C(Cn1cnnn1)N1CCN(C(=O)c2csc(-c3ccccc3)n2)CC1. The highest BCUT2D eigenvalue weighted by atomic mass is 32.1. The van der Waals surface area contributed by atoms with Crippen molar-refractivity contribution in [1.82, 2.24) is 35.0 Å². The number of tetrazole rings is 1. The van der Waals surface area contributed by atoms with Crippen molar-refractivity contribution in [3.63, 3.8) is 0 Å². The van der Waals surface area contributed by atoms with Gasteiger partial charge in [-0.2, -0.15) is 0 Å². The Bertz CT molecular complexity index is 918. The van der Waals surface area contributed by atoms with Crippen molar-refractivity contribution in [3.05, 3.63) is 47.7 Å². The molecule has 0 atom stereocenters. The fourth-order valence-corrected chi connectivity index (χ4v) is 3.70. The summed E-state index contributed by atoms with van der Waals surface area (Å²) in [5.41, 5.74) is 1.45. The van der Waals surface area contributed by atoms with Crippen LogP contribution in [0.4, 0.5) is 0 Å². The van der Waals surface area contributed by atoms with E-state index in [0.717, 1.165) is 10.6 Å². The van der Waals surface area contributed by atoms with Crippen molar-refractivity contribution in [2.45, 2.75) is 6.54 Å². The van der Waals surface area contributed by atoms with Gasteiger partial charge in [0.25, 0.3) is 5.91 Å². The van der Waals surface area contributed by atoms with Crippen LogP contribution in [0.15, 0.2) is 42.0 Å². The molecule has 1 aliphatic heterocycles. The molecule has 9 nitrogen and oxygen atoms in total. The van der Waals surface area contributed by atoms with Gasteiger partial charge in [-0.1, -0.05) is 30.3 Å². The number of amides is 2. The van der Waals surface area contributed by atoms with E-state index in [1.807, 2.05) is 30.3 Å². The van der Waals surface area contributed by atoms with Crippen molar-refractivity contribution in [2.75, 3.05) is 26.2 Å². The van der Waals surface area contributed by atoms with Gasteiger partial charge in [0.15, 0.2) is 0 Å². The summed E-state index contributed by atoms with van der Waals surface area (Å²) < 4.78 is 1.39. The van der Waals surface area contributed by atoms with Crippen molar-refractivity contribution in [2.24, 2.45) is 0 Å². The molecule has 0 unspecified atom stereocenters. The molecule has 0 saturated carbocycles. The molecule has 0 radical (unpaired) electrons. The fraction of sp³-hybridized carbons (Fsp3) is 0.294. The summed E-state index contributed by atoms with van der Waals surface area (Å²) >= 11 is 1.46. The van der Waals surface area contributed by atoms with E-state index >= 15 is 0 Å². The third-order valence-electron chi connectivity index (χ3n) is 4.35. The van der Waals surface area contributed by atoms with Gasteiger partial charge in [-0.25, -0.2) is 9.67 Å². The molecule has 0 spiro atoms. The Morgan fingerprint density at radius 3 is 2.48 bits per heavy atom. The molecule has 1 fully saturated rings. The molecule has 27 heavy (non-hydrogen) atoms. The minimum absolute atomic E-state index is 0.0607. The number of rotatable bonds is 4. The van der Waals surface area contributed by atoms with Gasteiger partial charge < -0.3 is 9.80 Å². The number of nitrogens with zero attached hydrogens (tertiary/aromatic N) is 7.